The van der Waals surface area contributed by atoms with E-state index in [2.05, 4.69) is 0 Å². The van der Waals surface area contributed by atoms with Crippen LogP contribution in [0.25, 0.3) is 11.3 Å². The highest BCUT2D eigenvalue weighted by atomic mass is 127. The van der Waals surface area contributed by atoms with Gasteiger partial charge in [-0.05, 0) is 65.1 Å². The van der Waals surface area contributed by atoms with E-state index in [0.29, 0.717) is 6.29 Å². The van der Waals surface area contributed by atoms with Crippen molar-refractivity contribution in [2.45, 2.75) is 6.18 Å². The van der Waals surface area contributed by atoms with E-state index in [1.165, 1.54) is 18.2 Å². The van der Waals surface area contributed by atoms with Crippen LogP contribution in [0, 0.1) is 15.2 Å². The van der Waals surface area contributed by atoms with Gasteiger partial charge in [-0.15, -0.1) is 0 Å². The molecule has 0 bridgehead atoms. The third-order valence-electron chi connectivity index (χ3n) is 3.49. The second kappa shape index (κ2) is 7.29. The fraction of sp³-hybridized carbons (Fsp3) is 0.0556. The van der Waals surface area contributed by atoms with Gasteiger partial charge in [0.05, 0.1) is 11.1 Å². The van der Waals surface area contributed by atoms with Crippen LogP contribution in [0.3, 0.4) is 0 Å². The molecule has 1 aromatic heterocycles. The average Bonchev–Trinajstić information content (AvgIpc) is 3.07. The average molecular weight is 494 g/mol. The van der Waals surface area contributed by atoms with E-state index in [0.717, 1.165) is 3.57 Å². The van der Waals surface area contributed by atoms with Crippen LogP contribution in [0.5, 0.6) is 11.5 Å². The van der Waals surface area contributed by atoms with Gasteiger partial charge < -0.3 is 9.15 Å². The van der Waals surface area contributed by atoms with Crippen molar-refractivity contribution in [2.24, 2.45) is 0 Å². The number of rotatable bonds is 4. The lowest BCUT2D eigenvalue weighted by Crippen LogP contribution is -2.07. The lowest BCUT2D eigenvalue weighted by molar-refractivity contribution is -0.138. The molecule has 0 aliphatic carbocycles. The Morgan fingerprint density at radius 1 is 1.00 bits per heavy atom. The minimum Gasteiger partial charge on any atom is -0.453 e. The molecule has 0 aliphatic rings. The summed E-state index contributed by atoms with van der Waals surface area (Å²) in [7, 11) is 0. The molecule has 3 rings (SSSR count). The standard InChI is InChI=1S/C18H8F5IO3/c19-13-5-9(18(21,22)23)6-14(20)17(13)27-16-3-1-10(24)7-12(16)15-4-2-11(8-25)26-15/h1-8H. The maximum atomic E-state index is 14.1. The van der Waals surface area contributed by atoms with E-state index in [4.69, 9.17) is 9.15 Å². The van der Waals surface area contributed by atoms with Crippen LogP contribution in [0.1, 0.15) is 16.1 Å². The van der Waals surface area contributed by atoms with Crippen molar-refractivity contribution in [2.75, 3.05) is 0 Å². The van der Waals surface area contributed by atoms with E-state index < -0.39 is 29.1 Å². The molecular weight excluding hydrogens is 486 g/mol. The number of carbonyl (C=O) groups is 1. The fourth-order valence-electron chi connectivity index (χ4n) is 2.28. The minimum atomic E-state index is -4.90. The van der Waals surface area contributed by atoms with Crippen molar-refractivity contribution in [3.8, 4) is 22.8 Å². The number of aldehydes is 1. The smallest absolute Gasteiger partial charge is 0.416 e. The van der Waals surface area contributed by atoms with Gasteiger partial charge in [0.25, 0.3) is 0 Å². The molecule has 0 unspecified atom stereocenters. The summed E-state index contributed by atoms with van der Waals surface area (Å²) in [6.45, 7) is 0. The Morgan fingerprint density at radius 3 is 2.22 bits per heavy atom. The molecule has 0 radical (unpaired) electrons. The van der Waals surface area contributed by atoms with Gasteiger partial charge in [0.2, 0.25) is 0 Å². The third kappa shape index (κ3) is 4.12. The predicted octanol–water partition coefficient (Wildman–Crippen LogP) is 6.45. The zero-order valence-corrected chi connectivity index (χ0v) is 15.3. The van der Waals surface area contributed by atoms with Gasteiger partial charge >= 0.3 is 6.18 Å². The Bertz CT molecular complexity index is 987. The summed E-state index contributed by atoms with van der Waals surface area (Å²) in [5.74, 6) is -3.81. The quantitative estimate of drug-likeness (QED) is 0.238. The Morgan fingerprint density at radius 2 is 1.67 bits per heavy atom. The maximum Gasteiger partial charge on any atom is 0.416 e. The molecule has 9 heteroatoms. The molecule has 0 saturated carbocycles. The van der Waals surface area contributed by atoms with Crippen LogP contribution in [-0.2, 0) is 6.18 Å². The molecule has 2 aromatic carbocycles. The lowest BCUT2D eigenvalue weighted by atomic mass is 10.1. The van der Waals surface area contributed by atoms with Crippen molar-refractivity contribution in [1.82, 2.24) is 0 Å². The number of hydrogen-bond acceptors (Lipinski definition) is 3. The van der Waals surface area contributed by atoms with Crippen LogP contribution >= 0.6 is 22.6 Å². The Hall–Kier alpha value is -2.43. The first-order chi connectivity index (χ1) is 12.7. The van der Waals surface area contributed by atoms with Crippen LogP contribution in [0.2, 0.25) is 0 Å². The number of halogens is 6. The molecular formula is C18H8F5IO3. The van der Waals surface area contributed by atoms with Gasteiger partial charge in [-0.2, -0.15) is 13.2 Å². The number of furan rings is 1. The highest BCUT2D eigenvalue weighted by Gasteiger charge is 2.33. The molecule has 140 valence electrons. The highest BCUT2D eigenvalue weighted by molar-refractivity contribution is 14.1. The minimum absolute atomic E-state index is 0.0294. The Balaban J connectivity index is 2.05. The van der Waals surface area contributed by atoms with Crippen LogP contribution in [0.4, 0.5) is 22.0 Å². The van der Waals surface area contributed by atoms with Gasteiger partial charge in [0.1, 0.15) is 11.5 Å². The monoisotopic (exact) mass is 494 g/mol. The van der Waals surface area contributed by atoms with E-state index in [-0.39, 0.29) is 35.0 Å². The summed E-state index contributed by atoms with van der Waals surface area (Å²) in [5.41, 5.74) is -1.19. The van der Waals surface area contributed by atoms with Gasteiger partial charge in [0, 0.05) is 3.57 Å². The Kier molecular flexibility index (Phi) is 5.22. The molecule has 0 amide bonds. The summed E-state index contributed by atoms with van der Waals surface area (Å²) >= 11 is 1.98. The number of carbonyl (C=O) groups excluding carboxylic acids is 1. The normalized spacial score (nSPS) is 11.5. The summed E-state index contributed by atoms with van der Waals surface area (Å²) in [6.07, 6.45) is -4.42. The Labute approximate surface area is 162 Å². The fourth-order valence-corrected chi connectivity index (χ4v) is 2.77. The third-order valence-corrected chi connectivity index (χ3v) is 4.16. The van der Waals surface area contributed by atoms with Crippen molar-refractivity contribution < 1.29 is 35.9 Å². The van der Waals surface area contributed by atoms with Gasteiger partial charge in [-0.25, -0.2) is 8.78 Å². The molecule has 0 N–H and O–H groups in total. The van der Waals surface area contributed by atoms with Crippen LogP contribution < -0.4 is 4.74 Å². The summed E-state index contributed by atoms with van der Waals surface area (Å²) in [5, 5.41) is 0. The number of hydrogen-bond donors (Lipinski definition) is 0. The predicted molar refractivity (Wildman–Crippen MR) is 93.7 cm³/mol. The summed E-state index contributed by atoms with van der Waals surface area (Å²) < 4.78 is 77.3. The SMILES string of the molecule is O=Cc1ccc(-c2cc(I)ccc2Oc2c(F)cc(C(F)(F)F)cc2F)o1. The first-order valence-corrected chi connectivity index (χ1v) is 8.36. The maximum absolute atomic E-state index is 14.1. The number of ether oxygens (including phenoxy) is 1. The van der Waals surface area contributed by atoms with Crippen LogP contribution in [0.15, 0.2) is 46.9 Å². The molecule has 0 fully saturated rings. The molecule has 3 nitrogen and oxygen atoms in total. The molecule has 27 heavy (non-hydrogen) atoms. The molecule has 0 aliphatic heterocycles. The largest absolute Gasteiger partial charge is 0.453 e. The summed E-state index contributed by atoms with van der Waals surface area (Å²) in [4.78, 5) is 10.8. The second-order valence-corrected chi connectivity index (χ2v) is 6.57. The zero-order valence-electron chi connectivity index (χ0n) is 13.1. The topological polar surface area (TPSA) is 39.4 Å². The highest BCUT2D eigenvalue weighted by Crippen LogP contribution is 2.39. The van der Waals surface area contributed by atoms with Crippen molar-refractivity contribution in [3.05, 3.63) is 69.0 Å². The van der Waals surface area contributed by atoms with E-state index in [9.17, 15) is 26.7 Å². The van der Waals surface area contributed by atoms with Crippen molar-refractivity contribution >= 4 is 28.9 Å². The van der Waals surface area contributed by atoms with Gasteiger partial charge in [-0.3, -0.25) is 4.79 Å². The second-order valence-electron chi connectivity index (χ2n) is 5.33. The summed E-state index contributed by atoms with van der Waals surface area (Å²) in [6, 6.07) is 7.69. The van der Waals surface area contributed by atoms with Crippen molar-refractivity contribution in [1.29, 1.82) is 0 Å². The number of alkyl halides is 3. The zero-order chi connectivity index (χ0) is 19.8. The van der Waals surface area contributed by atoms with Gasteiger partial charge in [-0.1, -0.05) is 0 Å². The lowest BCUT2D eigenvalue weighted by Gasteiger charge is -2.14. The molecule has 0 saturated heterocycles. The van der Waals surface area contributed by atoms with Gasteiger partial charge in [0.15, 0.2) is 29.4 Å². The molecule has 3 aromatic rings. The van der Waals surface area contributed by atoms with E-state index in [1.807, 2.05) is 22.6 Å². The molecule has 0 spiro atoms. The molecule has 1 heterocycles. The first-order valence-electron chi connectivity index (χ1n) is 7.28. The first kappa shape index (κ1) is 19.3. The van der Waals surface area contributed by atoms with Crippen LogP contribution in [-0.4, -0.2) is 6.29 Å². The van der Waals surface area contributed by atoms with E-state index >= 15 is 0 Å². The van der Waals surface area contributed by atoms with E-state index in [1.54, 1.807) is 12.1 Å². The van der Waals surface area contributed by atoms with Crippen molar-refractivity contribution in [3.63, 3.8) is 0 Å². The number of benzene rings is 2. The molecule has 0 atom stereocenters.